The largest absolute Gasteiger partial charge is 0.366 e. The maximum absolute atomic E-state index is 14.1. The van der Waals surface area contributed by atoms with Crippen molar-refractivity contribution in [1.82, 2.24) is 4.90 Å². The number of anilines is 1. The number of rotatable bonds is 3. The molecule has 1 aliphatic heterocycles. The topological polar surface area (TPSA) is 6.48 Å². The lowest BCUT2D eigenvalue weighted by Crippen LogP contribution is -2.44. The van der Waals surface area contributed by atoms with Crippen LogP contribution in [0.3, 0.4) is 0 Å². The van der Waals surface area contributed by atoms with Gasteiger partial charge in [0.1, 0.15) is 5.82 Å². The fourth-order valence-corrected chi connectivity index (χ4v) is 2.78. The second-order valence-corrected chi connectivity index (χ2v) is 5.28. The highest BCUT2D eigenvalue weighted by Crippen LogP contribution is 2.26. The van der Waals surface area contributed by atoms with Crippen molar-refractivity contribution in [3.8, 4) is 0 Å². The summed E-state index contributed by atoms with van der Waals surface area (Å²) in [6.45, 7) is 7.12. The fourth-order valence-electron chi connectivity index (χ4n) is 2.78. The number of benzene rings is 1. The summed E-state index contributed by atoms with van der Waals surface area (Å²) in [7, 11) is 2.15. The Morgan fingerprint density at radius 1 is 1.33 bits per heavy atom. The molecule has 1 aromatic carbocycles. The van der Waals surface area contributed by atoms with E-state index < -0.39 is 0 Å². The molecule has 18 heavy (non-hydrogen) atoms. The summed E-state index contributed by atoms with van der Waals surface area (Å²) in [4.78, 5) is 4.57. The average Bonchev–Trinajstić information content (AvgIpc) is 2.35. The zero-order chi connectivity index (χ0) is 13.1. The Morgan fingerprint density at radius 3 is 2.56 bits per heavy atom. The molecule has 1 fully saturated rings. The molecule has 100 valence electrons. The van der Waals surface area contributed by atoms with Gasteiger partial charge in [0, 0.05) is 12.6 Å². The van der Waals surface area contributed by atoms with E-state index in [0.29, 0.717) is 6.04 Å². The van der Waals surface area contributed by atoms with Gasteiger partial charge in [0.2, 0.25) is 0 Å². The Hall–Kier alpha value is -1.09. The lowest BCUT2D eigenvalue weighted by atomic mass is 10.0. The van der Waals surface area contributed by atoms with Crippen molar-refractivity contribution in [3.05, 3.63) is 29.6 Å². The van der Waals surface area contributed by atoms with Crippen molar-refractivity contribution in [2.24, 2.45) is 0 Å². The molecule has 0 saturated carbocycles. The summed E-state index contributed by atoms with van der Waals surface area (Å²) in [5, 5.41) is 0. The predicted octanol–water partition coefficient (Wildman–Crippen LogP) is 3.05. The second-order valence-electron chi connectivity index (χ2n) is 5.28. The average molecular weight is 250 g/mol. The molecular weight excluding hydrogens is 227 g/mol. The molecule has 0 atom stereocenters. The van der Waals surface area contributed by atoms with E-state index in [2.05, 4.69) is 23.8 Å². The highest BCUT2D eigenvalue weighted by atomic mass is 19.1. The fraction of sp³-hybridized carbons (Fsp3) is 0.600. The summed E-state index contributed by atoms with van der Waals surface area (Å²) in [5.41, 5.74) is 1.74. The molecule has 0 aromatic heterocycles. The molecule has 3 heteroatoms. The van der Waals surface area contributed by atoms with Crippen LogP contribution >= 0.6 is 0 Å². The second kappa shape index (κ2) is 5.70. The van der Waals surface area contributed by atoms with E-state index in [-0.39, 0.29) is 5.82 Å². The van der Waals surface area contributed by atoms with Crippen LogP contribution in [-0.2, 0) is 0 Å². The predicted molar refractivity (Wildman–Crippen MR) is 74.7 cm³/mol. The standard InChI is InChI=1S/C15H23FN2/c1-4-18(13-7-9-17(3)10-8-13)15-6-5-12(2)11-14(15)16/h5-6,11,13H,4,7-10H2,1-3H3. The maximum atomic E-state index is 14.1. The number of piperidine rings is 1. The van der Waals surface area contributed by atoms with Crippen molar-refractivity contribution in [2.45, 2.75) is 32.7 Å². The maximum Gasteiger partial charge on any atom is 0.146 e. The molecular formula is C15H23FN2. The Morgan fingerprint density at radius 2 is 2.00 bits per heavy atom. The molecule has 0 radical (unpaired) electrons. The van der Waals surface area contributed by atoms with Gasteiger partial charge in [0.25, 0.3) is 0 Å². The van der Waals surface area contributed by atoms with Crippen molar-refractivity contribution in [1.29, 1.82) is 0 Å². The van der Waals surface area contributed by atoms with Crippen molar-refractivity contribution in [2.75, 3.05) is 31.6 Å². The van der Waals surface area contributed by atoms with Crippen molar-refractivity contribution >= 4 is 5.69 Å². The van der Waals surface area contributed by atoms with E-state index in [9.17, 15) is 4.39 Å². The normalized spacial score (nSPS) is 18.0. The van der Waals surface area contributed by atoms with Crippen molar-refractivity contribution < 1.29 is 4.39 Å². The first-order valence-corrected chi connectivity index (χ1v) is 6.83. The van der Waals surface area contributed by atoms with Gasteiger partial charge in [-0.3, -0.25) is 0 Å². The lowest BCUT2D eigenvalue weighted by Gasteiger charge is -2.38. The van der Waals surface area contributed by atoms with Gasteiger partial charge in [0.15, 0.2) is 0 Å². The zero-order valence-corrected chi connectivity index (χ0v) is 11.6. The van der Waals surface area contributed by atoms with Crippen LogP contribution in [0.25, 0.3) is 0 Å². The van der Waals surface area contributed by atoms with Crippen molar-refractivity contribution in [3.63, 3.8) is 0 Å². The third kappa shape index (κ3) is 2.83. The summed E-state index contributed by atoms with van der Waals surface area (Å²) in [6, 6.07) is 6.03. The van der Waals surface area contributed by atoms with E-state index >= 15 is 0 Å². The molecule has 2 nitrogen and oxygen atoms in total. The molecule has 2 rings (SSSR count). The monoisotopic (exact) mass is 250 g/mol. The summed E-state index contributed by atoms with van der Waals surface area (Å²) in [6.07, 6.45) is 2.25. The van der Waals surface area contributed by atoms with Crippen LogP contribution in [0, 0.1) is 12.7 Å². The number of nitrogens with zero attached hydrogens (tertiary/aromatic N) is 2. The smallest absolute Gasteiger partial charge is 0.146 e. The molecule has 1 saturated heterocycles. The number of hydrogen-bond acceptors (Lipinski definition) is 2. The number of aryl methyl sites for hydroxylation is 1. The van der Waals surface area contributed by atoms with Gasteiger partial charge in [-0.1, -0.05) is 6.07 Å². The van der Waals surface area contributed by atoms with Gasteiger partial charge in [0.05, 0.1) is 5.69 Å². The lowest BCUT2D eigenvalue weighted by molar-refractivity contribution is 0.250. The van der Waals surface area contributed by atoms with Crippen LogP contribution in [0.2, 0.25) is 0 Å². The summed E-state index contributed by atoms with van der Waals surface area (Å²) >= 11 is 0. The molecule has 1 heterocycles. The first-order chi connectivity index (χ1) is 8.61. The number of halogens is 1. The van der Waals surface area contributed by atoms with Crippen LogP contribution in [0.4, 0.5) is 10.1 Å². The van der Waals surface area contributed by atoms with Crippen LogP contribution in [0.5, 0.6) is 0 Å². The first kappa shape index (κ1) is 13.3. The number of hydrogen-bond donors (Lipinski definition) is 0. The highest BCUT2D eigenvalue weighted by molar-refractivity contribution is 5.50. The molecule has 0 bridgehead atoms. The molecule has 0 N–H and O–H groups in total. The van der Waals surface area contributed by atoms with E-state index in [1.807, 2.05) is 19.1 Å². The van der Waals surface area contributed by atoms with Crippen LogP contribution in [0.15, 0.2) is 18.2 Å². The molecule has 0 spiro atoms. The van der Waals surface area contributed by atoms with Gasteiger partial charge in [-0.25, -0.2) is 4.39 Å². The minimum Gasteiger partial charge on any atom is -0.366 e. The van der Waals surface area contributed by atoms with Gasteiger partial charge in [-0.2, -0.15) is 0 Å². The van der Waals surface area contributed by atoms with Crippen LogP contribution in [-0.4, -0.2) is 37.6 Å². The molecule has 0 aliphatic carbocycles. The third-order valence-corrected chi connectivity index (χ3v) is 3.88. The Balaban J connectivity index is 2.17. The summed E-state index contributed by atoms with van der Waals surface area (Å²) < 4.78 is 14.1. The van der Waals surface area contributed by atoms with Crippen LogP contribution in [0.1, 0.15) is 25.3 Å². The van der Waals surface area contributed by atoms with E-state index in [1.54, 1.807) is 6.07 Å². The van der Waals surface area contributed by atoms with E-state index in [0.717, 1.165) is 43.7 Å². The SMILES string of the molecule is CCN(c1ccc(C)cc1F)C1CCN(C)CC1. The minimum absolute atomic E-state index is 0.0872. The third-order valence-electron chi connectivity index (χ3n) is 3.88. The number of likely N-dealkylation sites (tertiary alicyclic amines) is 1. The Bertz CT molecular complexity index is 397. The van der Waals surface area contributed by atoms with Crippen LogP contribution < -0.4 is 4.90 Å². The molecule has 1 aromatic rings. The summed E-state index contributed by atoms with van der Waals surface area (Å²) in [5.74, 6) is -0.0872. The molecule has 0 unspecified atom stereocenters. The van der Waals surface area contributed by atoms with Gasteiger partial charge in [-0.15, -0.1) is 0 Å². The quantitative estimate of drug-likeness (QED) is 0.813. The molecule has 1 aliphatic rings. The Labute approximate surface area is 109 Å². The van der Waals surface area contributed by atoms with Gasteiger partial charge >= 0.3 is 0 Å². The van der Waals surface area contributed by atoms with E-state index in [1.165, 1.54) is 0 Å². The zero-order valence-electron chi connectivity index (χ0n) is 11.6. The first-order valence-electron chi connectivity index (χ1n) is 6.83. The Kier molecular flexibility index (Phi) is 4.23. The van der Waals surface area contributed by atoms with E-state index in [4.69, 9.17) is 0 Å². The highest BCUT2D eigenvalue weighted by Gasteiger charge is 2.23. The minimum atomic E-state index is -0.0872. The molecule has 0 amide bonds. The van der Waals surface area contributed by atoms with Gasteiger partial charge < -0.3 is 9.80 Å². The van der Waals surface area contributed by atoms with Gasteiger partial charge in [-0.05, 0) is 64.5 Å².